The molecule has 5 atom stereocenters. The Bertz CT molecular complexity index is 682. The molecule has 1 aliphatic heterocycles. The normalized spacial score (nSPS) is 27.9. The van der Waals surface area contributed by atoms with Crippen molar-refractivity contribution in [1.82, 2.24) is 0 Å². The zero-order chi connectivity index (χ0) is 19.1. The van der Waals surface area contributed by atoms with Crippen molar-refractivity contribution in [2.45, 2.75) is 56.3 Å². The molecule has 1 aliphatic rings. The van der Waals surface area contributed by atoms with Crippen LogP contribution in [0.5, 0.6) is 0 Å². The largest absolute Gasteiger partial charge is 0.458 e. The van der Waals surface area contributed by atoms with Crippen LogP contribution in [0.1, 0.15) is 20.8 Å². The Hall–Kier alpha value is -2.26. The van der Waals surface area contributed by atoms with Crippen LogP contribution in [0.25, 0.3) is 10.4 Å². The van der Waals surface area contributed by atoms with Crippen LogP contribution in [0.3, 0.4) is 0 Å². The molecule has 0 spiro atoms. The first-order chi connectivity index (χ1) is 12.4. The van der Waals surface area contributed by atoms with Gasteiger partial charge in [-0.15, -0.1) is 0 Å². The molecule has 1 fully saturated rings. The number of ether oxygens (including phenoxy) is 3. The second kappa shape index (κ2) is 9.44. The number of benzene rings is 1. The fourth-order valence-corrected chi connectivity index (χ4v) is 3.14. The molecule has 0 aromatic heterocycles. The molecule has 0 bridgehead atoms. The summed E-state index contributed by atoms with van der Waals surface area (Å²) in [5.74, 6) is -1.17. The van der Waals surface area contributed by atoms with E-state index < -0.39 is 42.6 Å². The monoisotopic (exact) mass is 381 g/mol. The number of rotatable bonds is 6. The van der Waals surface area contributed by atoms with Gasteiger partial charge in [0.25, 0.3) is 0 Å². The summed E-state index contributed by atoms with van der Waals surface area (Å²) in [6.07, 6.45) is -3.59. The first-order valence-electron chi connectivity index (χ1n) is 7.85. The lowest BCUT2D eigenvalue weighted by Crippen LogP contribution is -2.58. The Morgan fingerprint density at radius 3 is 2.35 bits per heavy atom. The second-order valence-corrected chi connectivity index (χ2v) is 6.38. The van der Waals surface area contributed by atoms with E-state index in [2.05, 4.69) is 10.0 Å². The fraction of sp³-hybridized carbons (Fsp3) is 0.500. The third kappa shape index (κ3) is 5.37. The highest BCUT2D eigenvalue weighted by Crippen LogP contribution is 2.32. The Morgan fingerprint density at radius 2 is 1.77 bits per heavy atom. The number of hydrogen-bond donors (Lipinski definition) is 0. The molecule has 140 valence electrons. The molecule has 1 aromatic carbocycles. The summed E-state index contributed by atoms with van der Waals surface area (Å²) in [4.78, 5) is 26.5. The van der Waals surface area contributed by atoms with Crippen molar-refractivity contribution < 1.29 is 28.0 Å². The fourth-order valence-electron chi connectivity index (χ4n) is 2.51. The molecule has 0 amide bonds. The molecule has 1 aromatic rings. The second-order valence-electron chi connectivity index (χ2n) is 5.55. The molecular weight excluding hydrogens is 362 g/mol. The van der Waals surface area contributed by atoms with E-state index in [1.54, 1.807) is 6.92 Å². The van der Waals surface area contributed by atoms with Crippen molar-refractivity contribution in [3.8, 4) is 0 Å². The molecule has 0 N–H and O–H groups in total. The molecule has 0 aliphatic carbocycles. The van der Waals surface area contributed by atoms with E-state index in [0.717, 1.165) is 16.9 Å². The van der Waals surface area contributed by atoms with Crippen molar-refractivity contribution in [2.24, 2.45) is 5.11 Å². The zero-order valence-corrected chi connectivity index (χ0v) is 15.3. The van der Waals surface area contributed by atoms with Crippen molar-refractivity contribution >= 4 is 24.0 Å². The minimum atomic E-state index is -1.03. The third-order valence-electron chi connectivity index (χ3n) is 3.52. The van der Waals surface area contributed by atoms with Gasteiger partial charge in [0.05, 0.1) is 6.10 Å². The van der Waals surface area contributed by atoms with Gasteiger partial charge in [-0.1, -0.05) is 23.3 Å². The van der Waals surface area contributed by atoms with Gasteiger partial charge in [-0.2, -0.15) is 0 Å². The highest BCUT2D eigenvalue weighted by molar-refractivity contribution is 7.94. The van der Waals surface area contributed by atoms with Crippen LogP contribution in [0.2, 0.25) is 0 Å². The van der Waals surface area contributed by atoms with E-state index in [-0.39, 0.29) is 0 Å². The van der Waals surface area contributed by atoms with E-state index in [1.165, 1.54) is 13.8 Å². The number of carbonyl (C=O) groups is 2. The molecule has 9 nitrogen and oxygen atoms in total. The molecule has 1 saturated heterocycles. The summed E-state index contributed by atoms with van der Waals surface area (Å²) in [5, 5.41) is 3.65. The zero-order valence-electron chi connectivity index (χ0n) is 14.5. The molecule has 0 saturated carbocycles. The lowest BCUT2D eigenvalue weighted by Gasteiger charge is -2.42. The predicted octanol–water partition coefficient (Wildman–Crippen LogP) is 3.00. The van der Waals surface area contributed by atoms with Crippen LogP contribution in [-0.2, 0) is 28.0 Å². The summed E-state index contributed by atoms with van der Waals surface area (Å²) in [6.45, 7) is 4.10. The maximum absolute atomic E-state index is 11.5. The minimum absolute atomic E-state index is 0.569. The maximum Gasteiger partial charge on any atom is 0.303 e. The van der Waals surface area contributed by atoms with Gasteiger partial charge in [0.2, 0.25) is 0 Å². The lowest BCUT2D eigenvalue weighted by molar-refractivity contribution is -0.238. The van der Waals surface area contributed by atoms with Crippen LogP contribution in [0.15, 0.2) is 40.3 Å². The Kier molecular flexibility index (Phi) is 7.28. The van der Waals surface area contributed by atoms with Crippen LogP contribution in [-0.4, -0.2) is 42.6 Å². The summed E-state index contributed by atoms with van der Waals surface area (Å²) in [6, 6.07) is 8.21. The average molecular weight is 381 g/mol. The minimum Gasteiger partial charge on any atom is -0.458 e. The lowest BCUT2D eigenvalue weighted by atomic mass is 9.97. The summed E-state index contributed by atoms with van der Waals surface area (Å²) in [5.41, 5.74) is 8.90. The maximum atomic E-state index is 11.5. The van der Waals surface area contributed by atoms with Crippen LogP contribution in [0.4, 0.5) is 0 Å². The molecule has 10 heteroatoms. The highest BCUT2D eigenvalue weighted by atomic mass is 32.2. The predicted molar refractivity (Wildman–Crippen MR) is 91.8 cm³/mol. The smallest absolute Gasteiger partial charge is 0.303 e. The van der Waals surface area contributed by atoms with Gasteiger partial charge >= 0.3 is 11.9 Å². The van der Waals surface area contributed by atoms with Gasteiger partial charge in [-0.25, -0.2) is 0 Å². The molecule has 1 heterocycles. The van der Waals surface area contributed by atoms with Gasteiger partial charge in [-0.05, 0) is 24.6 Å². The number of azide groups is 1. The summed E-state index contributed by atoms with van der Waals surface area (Å²) >= 11 is 1.04. The van der Waals surface area contributed by atoms with E-state index in [0.29, 0.717) is 0 Å². The topological polar surface area (TPSA) is 120 Å². The standard InChI is InChI=1S/C16H19N3O6S/c1-9-14(23-10(2)20)15(24-11(3)21)13(18-19-17)16(22-9)25-26-12-7-5-4-6-8-12/h4-9,13-16H,1-3H3/t9-,13-,14+,15-,16?/m0/s1. The highest BCUT2D eigenvalue weighted by Gasteiger charge is 2.48. The number of carbonyl (C=O) groups excluding carboxylic acids is 2. The molecule has 26 heavy (non-hydrogen) atoms. The molecule has 0 radical (unpaired) electrons. The van der Waals surface area contributed by atoms with Gasteiger partial charge in [0, 0.05) is 35.7 Å². The molecule has 2 rings (SSSR count). The third-order valence-corrected chi connectivity index (χ3v) is 4.27. The Morgan fingerprint density at radius 1 is 1.15 bits per heavy atom. The first-order valence-corrected chi connectivity index (χ1v) is 8.59. The van der Waals surface area contributed by atoms with Crippen molar-refractivity contribution in [3.05, 3.63) is 40.8 Å². The first kappa shape index (κ1) is 20.1. The van der Waals surface area contributed by atoms with Gasteiger partial charge < -0.3 is 14.2 Å². The Labute approximate surface area is 154 Å². The van der Waals surface area contributed by atoms with Gasteiger partial charge in [0.1, 0.15) is 6.04 Å². The Balaban J connectivity index is 2.23. The number of hydrogen-bond acceptors (Lipinski definition) is 8. The van der Waals surface area contributed by atoms with Crippen molar-refractivity contribution in [1.29, 1.82) is 0 Å². The quantitative estimate of drug-likeness (QED) is 0.244. The van der Waals surface area contributed by atoms with E-state index >= 15 is 0 Å². The van der Waals surface area contributed by atoms with Gasteiger partial charge in [0.15, 0.2) is 18.5 Å². The van der Waals surface area contributed by atoms with Gasteiger partial charge in [-0.3, -0.25) is 13.8 Å². The van der Waals surface area contributed by atoms with Crippen LogP contribution >= 0.6 is 12.0 Å². The van der Waals surface area contributed by atoms with Crippen LogP contribution < -0.4 is 0 Å². The van der Waals surface area contributed by atoms with E-state index in [4.69, 9.17) is 23.9 Å². The molecular formula is C16H19N3O6S. The summed E-state index contributed by atoms with van der Waals surface area (Å²) < 4.78 is 21.9. The van der Waals surface area contributed by atoms with E-state index in [9.17, 15) is 9.59 Å². The van der Waals surface area contributed by atoms with Crippen LogP contribution in [0, 0.1) is 0 Å². The number of esters is 2. The molecule has 1 unspecified atom stereocenters. The number of nitrogens with zero attached hydrogens (tertiary/aromatic N) is 3. The van der Waals surface area contributed by atoms with E-state index in [1.807, 2.05) is 30.3 Å². The summed E-state index contributed by atoms with van der Waals surface area (Å²) in [7, 11) is 0. The van der Waals surface area contributed by atoms with Crippen molar-refractivity contribution in [2.75, 3.05) is 0 Å². The average Bonchev–Trinajstić information content (AvgIpc) is 2.59. The van der Waals surface area contributed by atoms with Crippen molar-refractivity contribution in [3.63, 3.8) is 0 Å². The SMILES string of the molecule is CC(=O)O[C@@H]1[C@H](OC(C)=O)[C@H](C)OC(OSc2ccccc2)[C@H]1N=[N+]=[N-].